The van der Waals surface area contributed by atoms with Crippen LogP contribution in [0.25, 0.3) is 12.2 Å². The second-order valence-corrected chi connectivity index (χ2v) is 4.16. The quantitative estimate of drug-likeness (QED) is 0.839. The number of rotatable bonds is 4. The van der Waals surface area contributed by atoms with Gasteiger partial charge in [0.2, 0.25) is 0 Å². The SMILES string of the molecule is CCOc1ccc(C=Cc2nn(C)c(=O)n2C)cc1. The van der Waals surface area contributed by atoms with E-state index in [0.29, 0.717) is 12.4 Å². The molecule has 5 nitrogen and oxygen atoms in total. The number of hydrogen-bond acceptors (Lipinski definition) is 3. The smallest absolute Gasteiger partial charge is 0.345 e. The van der Waals surface area contributed by atoms with Crippen molar-refractivity contribution in [2.24, 2.45) is 14.1 Å². The van der Waals surface area contributed by atoms with Crippen molar-refractivity contribution in [1.82, 2.24) is 14.3 Å². The Labute approximate surface area is 111 Å². The Hall–Kier alpha value is -2.30. The van der Waals surface area contributed by atoms with Crippen LogP contribution in [0.3, 0.4) is 0 Å². The molecule has 0 unspecified atom stereocenters. The van der Waals surface area contributed by atoms with Gasteiger partial charge in [-0.25, -0.2) is 9.48 Å². The van der Waals surface area contributed by atoms with Crippen molar-refractivity contribution in [2.75, 3.05) is 6.61 Å². The van der Waals surface area contributed by atoms with Crippen LogP contribution >= 0.6 is 0 Å². The molecule has 1 heterocycles. The van der Waals surface area contributed by atoms with Gasteiger partial charge in [-0.3, -0.25) is 4.57 Å². The van der Waals surface area contributed by atoms with Gasteiger partial charge >= 0.3 is 5.69 Å². The third-order valence-electron chi connectivity index (χ3n) is 2.78. The maximum atomic E-state index is 11.5. The summed E-state index contributed by atoms with van der Waals surface area (Å²) >= 11 is 0. The largest absolute Gasteiger partial charge is 0.494 e. The van der Waals surface area contributed by atoms with Crippen LogP contribution in [0, 0.1) is 0 Å². The summed E-state index contributed by atoms with van der Waals surface area (Å²) in [7, 11) is 3.34. The van der Waals surface area contributed by atoms with Crippen molar-refractivity contribution in [2.45, 2.75) is 6.92 Å². The zero-order chi connectivity index (χ0) is 13.8. The number of nitrogens with zero attached hydrogens (tertiary/aromatic N) is 3. The molecule has 0 N–H and O–H groups in total. The Kier molecular flexibility index (Phi) is 3.85. The Morgan fingerprint density at radius 1 is 1.21 bits per heavy atom. The molecule has 0 spiro atoms. The van der Waals surface area contributed by atoms with E-state index < -0.39 is 0 Å². The maximum absolute atomic E-state index is 11.5. The van der Waals surface area contributed by atoms with Gasteiger partial charge in [0.05, 0.1) is 6.61 Å². The number of aryl methyl sites for hydroxylation is 1. The molecule has 0 bridgehead atoms. The first-order valence-corrected chi connectivity index (χ1v) is 6.12. The van der Waals surface area contributed by atoms with E-state index in [1.807, 2.05) is 43.3 Å². The van der Waals surface area contributed by atoms with Crippen molar-refractivity contribution in [3.05, 3.63) is 46.1 Å². The van der Waals surface area contributed by atoms with Crippen LogP contribution in [0.4, 0.5) is 0 Å². The fourth-order valence-electron chi connectivity index (χ4n) is 1.74. The molecule has 0 amide bonds. The molecule has 5 heteroatoms. The second kappa shape index (κ2) is 5.56. The average molecular weight is 259 g/mol. The lowest BCUT2D eigenvalue weighted by molar-refractivity contribution is 0.340. The molecular formula is C14H17N3O2. The van der Waals surface area contributed by atoms with Crippen molar-refractivity contribution in [3.63, 3.8) is 0 Å². The minimum absolute atomic E-state index is 0.133. The monoisotopic (exact) mass is 259 g/mol. The topological polar surface area (TPSA) is 49.1 Å². The Balaban J connectivity index is 2.18. The van der Waals surface area contributed by atoms with Crippen molar-refractivity contribution in [3.8, 4) is 5.75 Å². The van der Waals surface area contributed by atoms with Crippen molar-refractivity contribution < 1.29 is 4.74 Å². The van der Waals surface area contributed by atoms with Crippen LogP contribution in [0.15, 0.2) is 29.1 Å². The van der Waals surface area contributed by atoms with Crippen LogP contribution < -0.4 is 10.4 Å². The highest BCUT2D eigenvalue weighted by Gasteiger charge is 2.03. The third-order valence-corrected chi connectivity index (χ3v) is 2.78. The molecule has 0 fully saturated rings. The van der Waals surface area contributed by atoms with Gasteiger partial charge in [-0.1, -0.05) is 18.2 Å². The van der Waals surface area contributed by atoms with E-state index in [0.717, 1.165) is 11.3 Å². The number of hydrogen-bond donors (Lipinski definition) is 0. The van der Waals surface area contributed by atoms with E-state index in [2.05, 4.69) is 5.10 Å². The summed E-state index contributed by atoms with van der Waals surface area (Å²) in [6.07, 6.45) is 3.73. The Morgan fingerprint density at radius 3 is 2.42 bits per heavy atom. The van der Waals surface area contributed by atoms with Gasteiger partial charge in [0.15, 0.2) is 5.82 Å². The minimum atomic E-state index is -0.133. The van der Waals surface area contributed by atoms with Gasteiger partial charge in [-0.15, -0.1) is 0 Å². The van der Waals surface area contributed by atoms with Crippen LogP contribution in [0.1, 0.15) is 18.3 Å². The van der Waals surface area contributed by atoms with Crippen LogP contribution in [0.2, 0.25) is 0 Å². The predicted octanol–water partition coefficient (Wildman–Crippen LogP) is 1.69. The van der Waals surface area contributed by atoms with Gasteiger partial charge in [0, 0.05) is 14.1 Å². The average Bonchev–Trinajstić information content (AvgIpc) is 2.66. The zero-order valence-corrected chi connectivity index (χ0v) is 11.3. The summed E-state index contributed by atoms with van der Waals surface area (Å²) in [5, 5.41) is 4.13. The molecule has 0 saturated heterocycles. The Morgan fingerprint density at radius 2 is 1.89 bits per heavy atom. The number of benzene rings is 1. The van der Waals surface area contributed by atoms with Gasteiger partial charge in [0.25, 0.3) is 0 Å². The standard InChI is InChI=1S/C14H17N3O2/c1-4-19-12-8-5-11(6-9-12)7-10-13-15-17(3)14(18)16(13)2/h5-10H,4H2,1-3H3. The summed E-state index contributed by atoms with van der Waals surface area (Å²) < 4.78 is 8.20. The molecule has 1 aromatic carbocycles. The molecule has 100 valence electrons. The molecule has 0 aliphatic rings. The number of aromatic nitrogens is 3. The molecule has 0 aliphatic carbocycles. The first-order chi connectivity index (χ1) is 9.11. The highest BCUT2D eigenvalue weighted by Crippen LogP contribution is 2.13. The molecule has 1 aromatic heterocycles. The molecule has 2 aromatic rings. The highest BCUT2D eigenvalue weighted by molar-refractivity contribution is 5.66. The first kappa shape index (κ1) is 13.1. The second-order valence-electron chi connectivity index (χ2n) is 4.16. The molecule has 2 rings (SSSR count). The third kappa shape index (κ3) is 2.93. The molecule has 0 radical (unpaired) electrons. The first-order valence-electron chi connectivity index (χ1n) is 6.12. The van der Waals surface area contributed by atoms with Crippen LogP contribution in [-0.2, 0) is 14.1 Å². The maximum Gasteiger partial charge on any atom is 0.345 e. The molecule has 0 atom stereocenters. The Bertz CT molecular complexity index is 636. The van der Waals surface area contributed by atoms with Crippen LogP contribution in [0.5, 0.6) is 5.75 Å². The van der Waals surface area contributed by atoms with Gasteiger partial charge < -0.3 is 4.74 Å². The summed E-state index contributed by atoms with van der Waals surface area (Å²) in [5.41, 5.74) is 0.896. The van der Waals surface area contributed by atoms with E-state index >= 15 is 0 Å². The van der Waals surface area contributed by atoms with Crippen molar-refractivity contribution in [1.29, 1.82) is 0 Å². The normalized spacial score (nSPS) is 11.1. The lowest BCUT2D eigenvalue weighted by Gasteiger charge is -2.02. The summed E-state index contributed by atoms with van der Waals surface area (Å²) in [6, 6.07) is 7.76. The fraction of sp³-hybridized carbons (Fsp3) is 0.286. The van der Waals surface area contributed by atoms with E-state index in [4.69, 9.17) is 4.74 Å². The summed E-state index contributed by atoms with van der Waals surface area (Å²) in [5.74, 6) is 1.48. The predicted molar refractivity (Wildman–Crippen MR) is 75.0 cm³/mol. The van der Waals surface area contributed by atoms with E-state index in [1.165, 1.54) is 9.25 Å². The molecular weight excluding hydrogens is 242 g/mol. The number of ether oxygens (including phenoxy) is 1. The fourth-order valence-corrected chi connectivity index (χ4v) is 1.74. The van der Waals surface area contributed by atoms with E-state index in [1.54, 1.807) is 14.1 Å². The highest BCUT2D eigenvalue weighted by atomic mass is 16.5. The van der Waals surface area contributed by atoms with Gasteiger partial charge in [0.1, 0.15) is 5.75 Å². The summed E-state index contributed by atoms with van der Waals surface area (Å²) in [4.78, 5) is 11.5. The van der Waals surface area contributed by atoms with E-state index in [9.17, 15) is 4.79 Å². The lowest BCUT2D eigenvalue weighted by Crippen LogP contribution is -2.20. The van der Waals surface area contributed by atoms with Crippen LogP contribution in [-0.4, -0.2) is 21.0 Å². The zero-order valence-electron chi connectivity index (χ0n) is 11.3. The minimum Gasteiger partial charge on any atom is -0.494 e. The summed E-state index contributed by atoms with van der Waals surface area (Å²) in [6.45, 7) is 2.61. The molecule has 19 heavy (non-hydrogen) atoms. The lowest BCUT2D eigenvalue weighted by atomic mass is 10.2. The molecule has 0 aliphatic heterocycles. The molecule has 0 saturated carbocycles. The van der Waals surface area contributed by atoms with Gasteiger partial charge in [-0.2, -0.15) is 5.10 Å². The van der Waals surface area contributed by atoms with E-state index in [-0.39, 0.29) is 5.69 Å². The van der Waals surface area contributed by atoms with Gasteiger partial charge in [-0.05, 0) is 30.7 Å². The van der Waals surface area contributed by atoms with Crippen molar-refractivity contribution >= 4 is 12.2 Å².